The lowest BCUT2D eigenvalue weighted by Crippen LogP contribution is -2.25. The van der Waals surface area contributed by atoms with Crippen LogP contribution in [0.3, 0.4) is 0 Å². The molecule has 2 rings (SSSR count). The Morgan fingerprint density at radius 2 is 1.65 bits per heavy atom. The van der Waals surface area contributed by atoms with E-state index in [1.165, 1.54) is 4.90 Å². The predicted octanol–water partition coefficient (Wildman–Crippen LogP) is 5.42. The quantitative estimate of drug-likeness (QED) is 0.690. The van der Waals surface area contributed by atoms with Gasteiger partial charge in [-0.3, -0.25) is 0 Å². The molecule has 0 saturated carbocycles. The van der Waals surface area contributed by atoms with Crippen molar-refractivity contribution >= 4 is 50.9 Å². The van der Waals surface area contributed by atoms with E-state index >= 15 is 0 Å². The summed E-state index contributed by atoms with van der Waals surface area (Å²) in [4.78, 5) is 1.20. The molecule has 2 aromatic rings. The maximum absolute atomic E-state index is 6.17. The lowest BCUT2D eigenvalue weighted by molar-refractivity contribution is 0.749. The lowest BCUT2D eigenvalue weighted by atomic mass is 10.1. The summed E-state index contributed by atoms with van der Waals surface area (Å²) in [5.74, 6) is 0.823. The molecule has 106 valence electrons. The van der Waals surface area contributed by atoms with E-state index in [9.17, 15) is 0 Å². The van der Waals surface area contributed by atoms with Crippen molar-refractivity contribution in [3.05, 3.63) is 62.5 Å². The van der Waals surface area contributed by atoms with Crippen LogP contribution in [0.1, 0.15) is 5.56 Å². The minimum atomic E-state index is 0.0149. The summed E-state index contributed by atoms with van der Waals surface area (Å²) in [5, 5.41) is 1.36. The zero-order chi connectivity index (χ0) is 14.5. The number of nitrogens with two attached hydrogens (primary N) is 1. The Bertz CT molecular complexity index is 554. The lowest BCUT2D eigenvalue weighted by Gasteiger charge is -2.13. The monoisotopic (exact) mass is 389 g/mol. The van der Waals surface area contributed by atoms with Crippen LogP contribution in [0.25, 0.3) is 0 Å². The molecular weight excluding hydrogens is 377 g/mol. The smallest absolute Gasteiger partial charge is 0.0453 e. The number of benzene rings is 2. The van der Waals surface area contributed by atoms with E-state index in [2.05, 4.69) is 28.1 Å². The molecule has 0 radical (unpaired) electrons. The van der Waals surface area contributed by atoms with Crippen LogP contribution in [-0.2, 0) is 6.42 Å². The van der Waals surface area contributed by atoms with E-state index in [-0.39, 0.29) is 6.04 Å². The van der Waals surface area contributed by atoms with Crippen molar-refractivity contribution in [1.82, 2.24) is 0 Å². The summed E-state index contributed by atoms with van der Waals surface area (Å²) >= 11 is 17.5. The van der Waals surface area contributed by atoms with Gasteiger partial charge in [-0.1, -0.05) is 45.2 Å². The molecule has 0 saturated heterocycles. The minimum Gasteiger partial charge on any atom is -0.327 e. The molecule has 0 aliphatic carbocycles. The Labute approximate surface area is 142 Å². The van der Waals surface area contributed by atoms with Crippen LogP contribution in [0.4, 0.5) is 0 Å². The maximum Gasteiger partial charge on any atom is 0.0453 e. The molecule has 0 fully saturated rings. The molecule has 20 heavy (non-hydrogen) atoms. The van der Waals surface area contributed by atoms with Crippen LogP contribution in [-0.4, -0.2) is 11.8 Å². The molecule has 0 heterocycles. The summed E-state index contributed by atoms with van der Waals surface area (Å²) in [5.41, 5.74) is 7.10. The van der Waals surface area contributed by atoms with E-state index in [1.54, 1.807) is 11.8 Å². The third-order valence-corrected chi connectivity index (χ3v) is 5.24. The van der Waals surface area contributed by atoms with Crippen LogP contribution >= 0.6 is 50.9 Å². The SMILES string of the molecule is NC(CSc1ccc(Br)cc1)Cc1c(Cl)cccc1Cl. The standard InChI is InChI=1S/C15H14BrCl2NS/c16-10-4-6-12(7-5-10)20-9-11(19)8-13-14(17)2-1-3-15(13)18/h1-7,11H,8-9,19H2. The molecule has 0 aromatic heterocycles. The Morgan fingerprint density at radius 3 is 2.25 bits per heavy atom. The van der Waals surface area contributed by atoms with Gasteiger partial charge < -0.3 is 5.73 Å². The number of hydrogen-bond acceptors (Lipinski definition) is 2. The van der Waals surface area contributed by atoms with Crippen molar-refractivity contribution in [3.63, 3.8) is 0 Å². The zero-order valence-corrected chi connectivity index (χ0v) is 14.6. The molecule has 0 amide bonds. The van der Waals surface area contributed by atoms with Gasteiger partial charge >= 0.3 is 0 Å². The van der Waals surface area contributed by atoms with E-state index < -0.39 is 0 Å². The Kier molecular flexibility index (Phi) is 6.24. The number of hydrogen-bond donors (Lipinski definition) is 1. The van der Waals surface area contributed by atoms with Gasteiger partial charge in [0, 0.05) is 31.2 Å². The number of rotatable bonds is 5. The van der Waals surface area contributed by atoms with Crippen LogP contribution in [0.15, 0.2) is 51.8 Å². The largest absolute Gasteiger partial charge is 0.327 e. The van der Waals surface area contributed by atoms with Crippen molar-refractivity contribution in [1.29, 1.82) is 0 Å². The Balaban J connectivity index is 1.92. The molecule has 0 aliphatic heterocycles. The first-order chi connectivity index (χ1) is 9.56. The van der Waals surface area contributed by atoms with Crippen molar-refractivity contribution in [2.24, 2.45) is 5.73 Å². The van der Waals surface area contributed by atoms with Crippen molar-refractivity contribution < 1.29 is 0 Å². The van der Waals surface area contributed by atoms with Gasteiger partial charge in [0.2, 0.25) is 0 Å². The average molecular weight is 391 g/mol. The summed E-state index contributed by atoms with van der Waals surface area (Å²) < 4.78 is 1.08. The third kappa shape index (κ3) is 4.68. The molecule has 1 unspecified atom stereocenters. The van der Waals surface area contributed by atoms with Gasteiger partial charge in [0.15, 0.2) is 0 Å². The highest BCUT2D eigenvalue weighted by atomic mass is 79.9. The second kappa shape index (κ2) is 7.71. The van der Waals surface area contributed by atoms with Crippen LogP contribution < -0.4 is 5.73 Å². The van der Waals surface area contributed by atoms with Gasteiger partial charge in [-0.2, -0.15) is 0 Å². The second-order valence-electron chi connectivity index (χ2n) is 4.43. The topological polar surface area (TPSA) is 26.0 Å². The first-order valence-corrected chi connectivity index (χ1v) is 8.66. The molecule has 0 spiro atoms. The predicted molar refractivity (Wildman–Crippen MR) is 93.0 cm³/mol. The molecule has 5 heteroatoms. The third-order valence-electron chi connectivity index (χ3n) is 2.81. The van der Waals surface area contributed by atoms with Gasteiger partial charge in [-0.05, 0) is 48.4 Å². The van der Waals surface area contributed by atoms with E-state index in [0.717, 1.165) is 15.8 Å². The van der Waals surface area contributed by atoms with Gasteiger partial charge in [0.1, 0.15) is 0 Å². The van der Waals surface area contributed by atoms with Crippen molar-refractivity contribution in [2.45, 2.75) is 17.4 Å². The minimum absolute atomic E-state index is 0.0149. The fourth-order valence-electron chi connectivity index (χ4n) is 1.78. The highest BCUT2D eigenvalue weighted by Gasteiger charge is 2.11. The average Bonchev–Trinajstić information content (AvgIpc) is 2.42. The second-order valence-corrected chi connectivity index (χ2v) is 7.25. The zero-order valence-electron chi connectivity index (χ0n) is 10.7. The highest BCUT2D eigenvalue weighted by Crippen LogP contribution is 2.27. The van der Waals surface area contributed by atoms with Gasteiger partial charge in [-0.25, -0.2) is 0 Å². The Hall–Kier alpha value is -0.190. The molecule has 0 bridgehead atoms. The van der Waals surface area contributed by atoms with Gasteiger partial charge in [0.25, 0.3) is 0 Å². The number of thioether (sulfide) groups is 1. The fraction of sp³-hybridized carbons (Fsp3) is 0.200. The maximum atomic E-state index is 6.17. The van der Waals surface area contributed by atoms with Crippen LogP contribution in [0, 0.1) is 0 Å². The fourth-order valence-corrected chi connectivity index (χ4v) is 3.45. The van der Waals surface area contributed by atoms with E-state index in [0.29, 0.717) is 16.5 Å². The summed E-state index contributed by atoms with van der Waals surface area (Å²) in [7, 11) is 0. The molecule has 1 atom stereocenters. The van der Waals surface area contributed by atoms with Crippen molar-refractivity contribution in [2.75, 3.05) is 5.75 Å². The first kappa shape index (κ1) is 16.2. The van der Waals surface area contributed by atoms with Crippen molar-refractivity contribution in [3.8, 4) is 0 Å². The summed E-state index contributed by atoms with van der Waals surface area (Å²) in [6.45, 7) is 0. The molecule has 2 N–H and O–H groups in total. The highest BCUT2D eigenvalue weighted by molar-refractivity contribution is 9.10. The molecule has 2 aromatic carbocycles. The normalized spacial score (nSPS) is 12.4. The van der Waals surface area contributed by atoms with Crippen LogP contribution in [0.2, 0.25) is 10.0 Å². The summed E-state index contributed by atoms with van der Waals surface area (Å²) in [6.07, 6.45) is 0.683. The Morgan fingerprint density at radius 1 is 1.05 bits per heavy atom. The first-order valence-electron chi connectivity index (χ1n) is 6.13. The van der Waals surface area contributed by atoms with Gasteiger partial charge in [0.05, 0.1) is 0 Å². The van der Waals surface area contributed by atoms with E-state index in [4.69, 9.17) is 28.9 Å². The number of halogens is 3. The molecule has 1 nitrogen and oxygen atoms in total. The van der Waals surface area contributed by atoms with Crippen LogP contribution in [0.5, 0.6) is 0 Å². The van der Waals surface area contributed by atoms with E-state index in [1.807, 2.05) is 30.3 Å². The molecular formula is C15H14BrCl2NS. The summed E-state index contributed by atoms with van der Waals surface area (Å²) in [6, 6.07) is 13.7. The molecule has 0 aliphatic rings. The van der Waals surface area contributed by atoms with Gasteiger partial charge in [-0.15, -0.1) is 11.8 Å².